The van der Waals surface area contributed by atoms with Gasteiger partial charge in [0.05, 0.1) is 6.10 Å². The average molecular weight is 292 g/mol. The lowest BCUT2D eigenvalue weighted by molar-refractivity contribution is 0.178. The molecule has 2 nitrogen and oxygen atoms in total. The van der Waals surface area contributed by atoms with Gasteiger partial charge in [-0.2, -0.15) is 0 Å². The number of anilines is 1. The van der Waals surface area contributed by atoms with Gasteiger partial charge >= 0.3 is 0 Å². The number of halogens is 1. The number of hydrogen-bond donors (Lipinski definition) is 2. The maximum Gasteiger partial charge on any atom is 0.0831 e. The highest BCUT2D eigenvalue weighted by Gasteiger charge is 2.08. The molecule has 0 bridgehead atoms. The van der Waals surface area contributed by atoms with E-state index in [1.807, 2.05) is 48.5 Å². The van der Waals surface area contributed by atoms with Crippen molar-refractivity contribution in [1.82, 2.24) is 0 Å². The molecule has 0 spiro atoms. The molecule has 0 saturated carbocycles. The van der Waals surface area contributed by atoms with Gasteiger partial charge in [0, 0.05) is 16.6 Å². The molecule has 1 atom stereocenters. The number of hydrogen-bond acceptors (Lipinski definition) is 2. The van der Waals surface area contributed by atoms with Gasteiger partial charge in [-0.3, -0.25) is 0 Å². The van der Waals surface area contributed by atoms with Crippen molar-refractivity contribution in [2.45, 2.75) is 12.5 Å². The summed E-state index contributed by atoms with van der Waals surface area (Å²) in [5.41, 5.74) is 8.33. The zero-order valence-corrected chi connectivity index (χ0v) is 10.9. The number of nitrogens with two attached hydrogens (primary N) is 1. The molecule has 1 unspecified atom stereocenters. The summed E-state index contributed by atoms with van der Waals surface area (Å²) in [6.45, 7) is 0. The van der Waals surface area contributed by atoms with Crippen molar-refractivity contribution in [2.75, 3.05) is 5.73 Å². The van der Waals surface area contributed by atoms with Crippen LogP contribution in [0.4, 0.5) is 5.69 Å². The third-order valence-corrected chi connectivity index (χ3v) is 3.17. The molecule has 2 aromatic carbocycles. The summed E-state index contributed by atoms with van der Waals surface area (Å²) in [6.07, 6.45) is 0.0798. The zero-order valence-electron chi connectivity index (χ0n) is 9.31. The fraction of sp³-hybridized carbons (Fsp3) is 0.143. The van der Waals surface area contributed by atoms with Gasteiger partial charge in [0.25, 0.3) is 0 Å². The van der Waals surface area contributed by atoms with E-state index in [0.29, 0.717) is 12.1 Å². The highest BCUT2D eigenvalue weighted by Crippen LogP contribution is 2.21. The molecular weight excluding hydrogens is 278 g/mol. The van der Waals surface area contributed by atoms with Crippen LogP contribution in [0, 0.1) is 0 Å². The molecule has 0 fully saturated rings. The maximum atomic E-state index is 10.1. The Hall–Kier alpha value is -1.32. The molecule has 0 aliphatic carbocycles. The van der Waals surface area contributed by atoms with Crippen molar-refractivity contribution >= 4 is 21.6 Å². The summed E-state index contributed by atoms with van der Waals surface area (Å²) in [4.78, 5) is 0. The van der Waals surface area contributed by atoms with Gasteiger partial charge in [0.15, 0.2) is 0 Å². The second-order valence-corrected chi connectivity index (χ2v) is 4.93. The molecule has 88 valence electrons. The standard InChI is InChI=1S/C14H14BrNO/c15-12-6-4-10(5-7-12)8-14(17)11-2-1-3-13(16)9-11/h1-7,9,14,17H,8,16H2. The van der Waals surface area contributed by atoms with Crippen molar-refractivity contribution in [3.05, 3.63) is 64.1 Å². The topological polar surface area (TPSA) is 46.2 Å². The summed E-state index contributed by atoms with van der Waals surface area (Å²) >= 11 is 3.39. The van der Waals surface area contributed by atoms with Gasteiger partial charge in [-0.1, -0.05) is 40.2 Å². The predicted octanol–water partition coefficient (Wildman–Crippen LogP) is 3.31. The van der Waals surface area contributed by atoms with Crippen LogP contribution < -0.4 is 5.73 Å². The number of aliphatic hydroxyl groups is 1. The van der Waals surface area contributed by atoms with E-state index < -0.39 is 6.10 Å². The molecule has 0 saturated heterocycles. The molecule has 2 rings (SSSR count). The van der Waals surface area contributed by atoms with Crippen LogP contribution in [0.15, 0.2) is 53.0 Å². The Bertz CT molecular complexity index is 496. The number of benzene rings is 2. The van der Waals surface area contributed by atoms with Crippen LogP contribution in [0.1, 0.15) is 17.2 Å². The summed E-state index contributed by atoms with van der Waals surface area (Å²) in [6, 6.07) is 15.3. The van der Waals surface area contributed by atoms with E-state index in [0.717, 1.165) is 15.6 Å². The molecule has 3 heteroatoms. The van der Waals surface area contributed by atoms with Crippen LogP contribution in [0.3, 0.4) is 0 Å². The van der Waals surface area contributed by atoms with Crippen molar-refractivity contribution in [3.8, 4) is 0 Å². The largest absolute Gasteiger partial charge is 0.399 e. The van der Waals surface area contributed by atoms with Crippen molar-refractivity contribution in [1.29, 1.82) is 0 Å². The highest BCUT2D eigenvalue weighted by atomic mass is 79.9. The summed E-state index contributed by atoms with van der Waals surface area (Å²) < 4.78 is 1.04. The third-order valence-electron chi connectivity index (χ3n) is 2.64. The van der Waals surface area contributed by atoms with Gasteiger partial charge in [-0.25, -0.2) is 0 Å². The van der Waals surface area contributed by atoms with E-state index in [1.54, 1.807) is 0 Å². The van der Waals surface area contributed by atoms with E-state index in [1.165, 1.54) is 0 Å². The van der Waals surface area contributed by atoms with Crippen LogP contribution in [0.5, 0.6) is 0 Å². The summed E-state index contributed by atoms with van der Waals surface area (Å²) in [5, 5.41) is 10.1. The lowest BCUT2D eigenvalue weighted by atomic mass is 10.0. The Kier molecular flexibility index (Phi) is 3.82. The second kappa shape index (κ2) is 5.34. The Balaban J connectivity index is 2.11. The first-order valence-corrected chi connectivity index (χ1v) is 6.22. The monoisotopic (exact) mass is 291 g/mol. The first kappa shape index (κ1) is 12.1. The molecule has 0 amide bonds. The SMILES string of the molecule is Nc1cccc(C(O)Cc2ccc(Br)cc2)c1. The van der Waals surface area contributed by atoms with Crippen molar-refractivity contribution < 1.29 is 5.11 Å². The summed E-state index contributed by atoms with van der Waals surface area (Å²) in [5.74, 6) is 0. The van der Waals surface area contributed by atoms with E-state index in [9.17, 15) is 5.11 Å². The molecule has 0 aliphatic rings. The lowest BCUT2D eigenvalue weighted by Crippen LogP contribution is -2.02. The highest BCUT2D eigenvalue weighted by molar-refractivity contribution is 9.10. The Morgan fingerprint density at radius 1 is 1.12 bits per heavy atom. The zero-order chi connectivity index (χ0) is 12.3. The van der Waals surface area contributed by atoms with Crippen LogP contribution in [-0.2, 0) is 6.42 Å². The normalized spacial score (nSPS) is 12.4. The van der Waals surface area contributed by atoms with Crippen LogP contribution in [-0.4, -0.2) is 5.11 Å². The fourth-order valence-corrected chi connectivity index (χ4v) is 1.99. The van der Waals surface area contributed by atoms with Crippen molar-refractivity contribution in [2.24, 2.45) is 0 Å². The minimum Gasteiger partial charge on any atom is -0.399 e. The number of aliphatic hydroxyl groups excluding tert-OH is 1. The van der Waals surface area contributed by atoms with Gasteiger partial charge in [0.1, 0.15) is 0 Å². The predicted molar refractivity (Wildman–Crippen MR) is 73.7 cm³/mol. The van der Waals surface area contributed by atoms with Gasteiger partial charge in [-0.15, -0.1) is 0 Å². The first-order valence-electron chi connectivity index (χ1n) is 5.43. The van der Waals surface area contributed by atoms with Crippen LogP contribution >= 0.6 is 15.9 Å². The fourth-order valence-electron chi connectivity index (χ4n) is 1.73. The lowest BCUT2D eigenvalue weighted by Gasteiger charge is -2.11. The minimum atomic E-state index is -0.514. The smallest absolute Gasteiger partial charge is 0.0831 e. The first-order chi connectivity index (χ1) is 8.15. The Labute approximate surface area is 109 Å². The van der Waals surface area contributed by atoms with Crippen molar-refractivity contribution in [3.63, 3.8) is 0 Å². The molecule has 0 radical (unpaired) electrons. The summed E-state index contributed by atoms with van der Waals surface area (Å²) in [7, 11) is 0. The van der Waals surface area contributed by atoms with Crippen LogP contribution in [0.25, 0.3) is 0 Å². The number of rotatable bonds is 3. The van der Waals surface area contributed by atoms with Crippen LogP contribution in [0.2, 0.25) is 0 Å². The van der Waals surface area contributed by atoms with E-state index in [-0.39, 0.29) is 0 Å². The molecule has 0 heterocycles. The second-order valence-electron chi connectivity index (χ2n) is 4.02. The molecular formula is C14H14BrNO. The van der Waals surface area contributed by atoms with Gasteiger partial charge in [-0.05, 0) is 35.4 Å². The molecule has 2 aromatic rings. The number of nitrogen functional groups attached to an aromatic ring is 1. The maximum absolute atomic E-state index is 10.1. The molecule has 0 aromatic heterocycles. The van der Waals surface area contributed by atoms with E-state index in [2.05, 4.69) is 15.9 Å². The minimum absolute atomic E-state index is 0.514. The Morgan fingerprint density at radius 3 is 2.47 bits per heavy atom. The average Bonchev–Trinajstić information content (AvgIpc) is 2.32. The molecule has 17 heavy (non-hydrogen) atoms. The molecule has 3 N–H and O–H groups in total. The van der Waals surface area contributed by atoms with Gasteiger partial charge in [0.2, 0.25) is 0 Å². The Morgan fingerprint density at radius 2 is 1.82 bits per heavy atom. The quantitative estimate of drug-likeness (QED) is 0.853. The van der Waals surface area contributed by atoms with Gasteiger partial charge < -0.3 is 10.8 Å². The van der Waals surface area contributed by atoms with E-state index in [4.69, 9.17) is 5.73 Å². The molecule has 0 aliphatic heterocycles. The third kappa shape index (κ3) is 3.32. The van der Waals surface area contributed by atoms with E-state index >= 15 is 0 Å².